The van der Waals surface area contributed by atoms with Gasteiger partial charge in [0.15, 0.2) is 0 Å². The summed E-state index contributed by atoms with van der Waals surface area (Å²) < 4.78 is 1.57. The minimum Gasteiger partial charge on any atom is -0.352 e. The number of amides is 1. The molecule has 4 aromatic rings. The molecule has 0 aliphatic carbocycles. The zero-order valence-corrected chi connectivity index (χ0v) is 17.6. The van der Waals surface area contributed by atoms with Crippen LogP contribution in [0.3, 0.4) is 0 Å². The molecule has 7 heteroatoms. The number of nitrogens with zero attached hydrogens (tertiary/aromatic N) is 2. The summed E-state index contributed by atoms with van der Waals surface area (Å²) in [6, 6.07) is 15.3. The van der Waals surface area contributed by atoms with Gasteiger partial charge in [-0.3, -0.25) is 9.36 Å². The van der Waals surface area contributed by atoms with E-state index in [9.17, 15) is 9.59 Å². The molecule has 0 spiro atoms. The number of nitrogens with one attached hydrogen (secondary N) is 2. The Labute approximate surface area is 178 Å². The first kappa shape index (κ1) is 19.8. The van der Waals surface area contributed by atoms with Gasteiger partial charge in [-0.05, 0) is 38.1 Å². The van der Waals surface area contributed by atoms with E-state index in [1.165, 1.54) is 5.56 Å². The maximum atomic E-state index is 12.4. The highest BCUT2D eigenvalue weighted by Gasteiger charge is 2.09. The van der Waals surface area contributed by atoms with Crippen molar-refractivity contribution >= 4 is 17.2 Å². The molecule has 2 aromatic carbocycles. The van der Waals surface area contributed by atoms with Gasteiger partial charge in [0.05, 0.1) is 11.4 Å². The topological polar surface area (TPSA) is 79.8 Å². The van der Waals surface area contributed by atoms with Crippen molar-refractivity contribution in [1.82, 2.24) is 19.9 Å². The number of hydrogen-bond acceptors (Lipinski definition) is 4. The molecule has 2 aromatic heterocycles. The molecule has 0 saturated heterocycles. The molecule has 0 aliphatic heterocycles. The SMILES string of the molecule is Cc1ccc(-c2nc(CCNC(=O)c3ccc(-n4c(C)c[nH]c4=O)cc3)cs2)cc1. The number of aromatic nitrogens is 3. The Kier molecular flexibility index (Phi) is 5.63. The molecule has 0 radical (unpaired) electrons. The Morgan fingerprint density at radius 3 is 2.50 bits per heavy atom. The first-order chi connectivity index (χ1) is 14.5. The summed E-state index contributed by atoms with van der Waals surface area (Å²) in [6.45, 7) is 4.42. The van der Waals surface area contributed by atoms with E-state index in [-0.39, 0.29) is 11.6 Å². The van der Waals surface area contributed by atoms with Crippen molar-refractivity contribution in [3.63, 3.8) is 0 Å². The van der Waals surface area contributed by atoms with Gasteiger partial charge < -0.3 is 10.3 Å². The van der Waals surface area contributed by atoms with Crippen LogP contribution in [0.15, 0.2) is 64.9 Å². The number of aryl methyl sites for hydroxylation is 2. The Hall–Kier alpha value is -3.45. The molecule has 6 nitrogen and oxygen atoms in total. The standard InChI is InChI=1S/C23H22N4O2S/c1-15-3-5-18(6-4-15)22-26-19(14-30-22)11-12-24-21(28)17-7-9-20(10-8-17)27-16(2)13-25-23(27)29/h3-10,13-14H,11-12H2,1-2H3,(H,24,28)(H,25,29). The fraction of sp³-hybridized carbons (Fsp3) is 0.174. The third kappa shape index (κ3) is 4.26. The summed E-state index contributed by atoms with van der Waals surface area (Å²) in [7, 11) is 0. The van der Waals surface area contributed by atoms with E-state index in [1.807, 2.05) is 12.3 Å². The van der Waals surface area contributed by atoms with Crippen molar-refractivity contribution in [2.75, 3.05) is 6.54 Å². The van der Waals surface area contributed by atoms with Crippen molar-refractivity contribution in [1.29, 1.82) is 0 Å². The van der Waals surface area contributed by atoms with E-state index in [0.29, 0.717) is 18.5 Å². The summed E-state index contributed by atoms with van der Waals surface area (Å²) in [4.78, 5) is 31.6. The number of rotatable bonds is 6. The van der Waals surface area contributed by atoms with Gasteiger partial charge in [0.1, 0.15) is 5.01 Å². The molecule has 4 rings (SSSR count). The Morgan fingerprint density at radius 1 is 1.10 bits per heavy atom. The number of hydrogen-bond donors (Lipinski definition) is 2. The van der Waals surface area contributed by atoms with E-state index in [0.717, 1.165) is 27.6 Å². The largest absolute Gasteiger partial charge is 0.352 e. The number of carbonyl (C=O) groups is 1. The third-order valence-electron chi connectivity index (χ3n) is 4.86. The number of thiazole rings is 1. The predicted molar refractivity (Wildman–Crippen MR) is 119 cm³/mol. The van der Waals surface area contributed by atoms with E-state index >= 15 is 0 Å². The lowest BCUT2D eigenvalue weighted by atomic mass is 10.1. The van der Waals surface area contributed by atoms with Gasteiger partial charge in [-0.15, -0.1) is 11.3 Å². The molecule has 152 valence electrons. The molecule has 0 atom stereocenters. The maximum Gasteiger partial charge on any atom is 0.330 e. The van der Waals surface area contributed by atoms with E-state index in [4.69, 9.17) is 0 Å². The number of benzene rings is 2. The zero-order valence-electron chi connectivity index (χ0n) is 16.8. The Balaban J connectivity index is 1.34. The van der Waals surface area contributed by atoms with Gasteiger partial charge in [0, 0.05) is 41.4 Å². The van der Waals surface area contributed by atoms with E-state index in [1.54, 1.807) is 46.4 Å². The lowest BCUT2D eigenvalue weighted by Crippen LogP contribution is -2.25. The first-order valence-electron chi connectivity index (χ1n) is 9.68. The molecular formula is C23H22N4O2S. The van der Waals surface area contributed by atoms with Crippen molar-refractivity contribution in [2.45, 2.75) is 20.3 Å². The average Bonchev–Trinajstić information content (AvgIpc) is 3.35. The summed E-state index contributed by atoms with van der Waals surface area (Å²) >= 11 is 1.61. The van der Waals surface area contributed by atoms with Gasteiger partial charge in [0.2, 0.25) is 0 Å². The third-order valence-corrected chi connectivity index (χ3v) is 5.81. The lowest BCUT2D eigenvalue weighted by Gasteiger charge is -2.07. The Bertz CT molecular complexity index is 1220. The van der Waals surface area contributed by atoms with Gasteiger partial charge in [-0.25, -0.2) is 9.78 Å². The van der Waals surface area contributed by atoms with Crippen LogP contribution in [0.25, 0.3) is 16.3 Å². The highest BCUT2D eigenvalue weighted by Crippen LogP contribution is 2.24. The average molecular weight is 419 g/mol. The summed E-state index contributed by atoms with van der Waals surface area (Å²) in [5, 5.41) is 5.95. The van der Waals surface area contributed by atoms with Crippen LogP contribution in [0.1, 0.15) is 27.3 Å². The molecule has 0 bridgehead atoms. The lowest BCUT2D eigenvalue weighted by molar-refractivity contribution is 0.0954. The molecule has 1 amide bonds. The van der Waals surface area contributed by atoms with Crippen LogP contribution in [0.5, 0.6) is 0 Å². The van der Waals surface area contributed by atoms with Crippen molar-refractivity contribution in [2.24, 2.45) is 0 Å². The highest BCUT2D eigenvalue weighted by molar-refractivity contribution is 7.13. The number of carbonyl (C=O) groups excluding carboxylic acids is 1. The first-order valence-corrected chi connectivity index (χ1v) is 10.6. The van der Waals surface area contributed by atoms with Crippen LogP contribution in [0.2, 0.25) is 0 Å². The van der Waals surface area contributed by atoms with Crippen molar-refractivity contribution in [3.05, 3.63) is 93.1 Å². The second-order valence-corrected chi connectivity index (χ2v) is 7.99. The Morgan fingerprint density at radius 2 is 1.83 bits per heavy atom. The predicted octanol–water partition coefficient (Wildman–Crippen LogP) is 3.88. The van der Waals surface area contributed by atoms with Crippen molar-refractivity contribution in [3.8, 4) is 16.3 Å². The van der Waals surface area contributed by atoms with Gasteiger partial charge in [-0.2, -0.15) is 0 Å². The van der Waals surface area contributed by atoms with Crippen LogP contribution in [-0.2, 0) is 6.42 Å². The molecule has 2 N–H and O–H groups in total. The van der Waals surface area contributed by atoms with Crippen LogP contribution in [-0.4, -0.2) is 27.0 Å². The number of aromatic amines is 1. The number of H-pyrrole nitrogens is 1. The zero-order chi connectivity index (χ0) is 21.1. The molecule has 0 aliphatic rings. The smallest absolute Gasteiger partial charge is 0.330 e. The van der Waals surface area contributed by atoms with Gasteiger partial charge >= 0.3 is 5.69 Å². The minimum atomic E-state index is -0.196. The molecule has 0 saturated carbocycles. The molecule has 0 unspecified atom stereocenters. The molecule has 0 fully saturated rings. The summed E-state index contributed by atoms with van der Waals surface area (Å²) in [5.74, 6) is -0.145. The van der Waals surface area contributed by atoms with E-state index in [2.05, 4.69) is 46.5 Å². The van der Waals surface area contributed by atoms with E-state index < -0.39 is 0 Å². The van der Waals surface area contributed by atoms with Crippen LogP contribution in [0, 0.1) is 13.8 Å². The fourth-order valence-corrected chi connectivity index (χ4v) is 4.06. The summed E-state index contributed by atoms with van der Waals surface area (Å²) in [5.41, 5.74) is 5.19. The number of imidazole rings is 1. The molecule has 2 heterocycles. The highest BCUT2D eigenvalue weighted by atomic mass is 32.1. The van der Waals surface area contributed by atoms with Crippen molar-refractivity contribution < 1.29 is 4.79 Å². The molecular weight excluding hydrogens is 396 g/mol. The normalized spacial score (nSPS) is 10.9. The second kappa shape index (κ2) is 8.51. The van der Waals surface area contributed by atoms with Crippen LogP contribution >= 0.6 is 11.3 Å². The van der Waals surface area contributed by atoms with Gasteiger partial charge in [0.25, 0.3) is 5.91 Å². The summed E-state index contributed by atoms with van der Waals surface area (Å²) in [6.07, 6.45) is 2.33. The minimum absolute atomic E-state index is 0.145. The fourth-order valence-electron chi connectivity index (χ4n) is 3.19. The van der Waals surface area contributed by atoms with Crippen LogP contribution < -0.4 is 11.0 Å². The maximum absolute atomic E-state index is 12.4. The van der Waals surface area contributed by atoms with Crippen LogP contribution in [0.4, 0.5) is 0 Å². The quantitative estimate of drug-likeness (QED) is 0.499. The van der Waals surface area contributed by atoms with Gasteiger partial charge in [-0.1, -0.05) is 29.8 Å². The monoisotopic (exact) mass is 418 g/mol. The second-order valence-electron chi connectivity index (χ2n) is 7.13. The molecule has 30 heavy (non-hydrogen) atoms.